The summed E-state index contributed by atoms with van der Waals surface area (Å²) >= 11 is 0. The van der Waals surface area contributed by atoms with Crippen molar-refractivity contribution in [3.63, 3.8) is 0 Å². The van der Waals surface area contributed by atoms with Crippen molar-refractivity contribution in [3.05, 3.63) is 59.7 Å². The van der Waals surface area contributed by atoms with E-state index in [0.717, 1.165) is 23.8 Å². The summed E-state index contributed by atoms with van der Waals surface area (Å²) in [6, 6.07) is 11.1. The summed E-state index contributed by atoms with van der Waals surface area (Å²) in [6.07, 6.45) is 0.759. The van der Waals surface area contributed by atoms with Gasteiger partial charge in [-0.3, -0.25) is 0 Å². The van der Waals surface area contributed by atoms with E-state index in [9.17, 15) is 8.78 Å². The summed E-state index contributed by atoms with van der Waals surface area (Å²) in [7, 11) is 0. The van der Waals surface area contributed by atoms with Gasteiger partial charge in [-0.25, -0.2) is 8.78 Å². The molecule has 2 nitrogen and oxygen atoms in total. The topological polar surface area (TPSA) is 21.3 Å². The molecule has 1 aliphatic heterocycles. The first kappa shape index (κ1) is 12.0. The van der Waals surface area contributed by atoms with Gasteiger partial charge < -0.3 is 10.1 Å². The molecule has 3 rings (SSSR count). The van der Waals surface area contributed by atoms with Gasteiger partial charge in [0, 0.05) is 23.7 Å². The van der Waals surface area contributed by atoms with Crippen LogP contribution in [0, 0.1) is 11.6 Å². The molecule has 1 heterocycles. The molecular weight excluding hydrogens is 248 g/mol. The van der Waals surface area contributed by atoms with E-state index in [0.29, 0.717) is 12.3 Å². The molecule has 1 aliphatic rings. The smallest absolute Gasteiger partial charge is 0.128 e. The lowest BCUT2D eigenvalue weighted by Crippen LogP contribution is -2.20. The fourth-order valence-electron chi connectivity index (χ4n) is 2.33. The number of hydrogen-bond acceptors (Lipinski definition) is 2. The minimum absolute atomic E-state index is 0.00569. The highest BCUT2D eigenvalue weighted by molar-refractivity contribution is 5.49. The molecule has 1 N–H and O–H groups in total. The van der Waals surface area contributed by atoms with Crippen LogP contribution in [0.2, 0.25) is 0 Å². The van der Waals surface area contributed by atoms with Crippen LogP contribution in [0.1, 0.15) is 18.0 Å². The molecule has 19 heavy (non-hydrogen) atoms. The van der Waals surface area contributed by atoms with E-state index in [1.54, 1.807) is 0 Å². The molecule has 2 aromatic carbocycles. The van der Waals surface area contributed by atoms with E-state index in [2.05, 4.69) is 5.32 Å². The lowest BCUT2D eigenvalue weighted by Gasteiger charge is -2.27. The molecule has 0 aliphatic carbocycles. The normalized spacial score (nSPS) is 17.5. The highest BCUT2D eigenvalue weighted by Crippen LogP contribution is 2.34. The van der Waals surface area contributed by atoms with Crippen LogP contribution in [0.3, 0.4) is 0 Å². The van der Waals surface area contributed by atoms with Gasteiger partial charge in [-0.05, 0) is 18.2 Å². The minimum atomic E-state index is -0.581. The van der Waals surface area contributed by atoms with Crippen LogP contribution in [-0.4, -0.2) is 6.61 Å². The van der Waals surface area contributed by atoms with Crippen LogP contribution in [0.15, 0.2) is 42.5 Å². The van der Waals surface area contributed by atoms with Gasteiger partial charge in [0.25, 0.3) is 0 Å². The predicted molar refractivity (Wildman–Crippen MR) is 69.3 cm³/mol. The standard InChI is InChI=1S/C15H13F2NO/c16-10-7-11(17)9-12(8-10)18-14-5-6-19-15-4-2-1-3-13(14)15/h1-4,7-9,14,18H,5-6H2. The van der Waals surface area contributed by atoms with E-state index in [1.165, 1.54) is 12.1 Å². The van der Waals surface area contributed by atoms with E-state index < -0.39 is 11.6 Å². The Morgan fingerprint density at radius 2 is 1.79 bits per heavy atom. The van der Waals surface area contributed by atoms with Crippen LogP contribution in [0.5, 0.6) is 5.75 Å². The third-order valence-electron chi connectivity index (χ3n) is 3.16. The molecule has 0 bridgehead atoms. The fourth-order valence-corrected chi connectivity index (χ4v) is 2.33. The Kier molecular flexibility index (Phi) is 3.07. The number of ether oxygens (including phenoxy) is 1. The van der Waals surface area contributed by atoms with Crippen molar-refractivity contribution < 1.29 is 13.5 Å². The summed E-state index contributed by atoms with van der Waals surface area (Å²) in [6.45, 7) is 0.590. The third-order valence-corrected chi connectivity index (χ3v) is 3.16. The maximum atomic E-state index is 13.2. The second kappa shape index (κ2) is 4.88. The molecular formula is C15H13F2NO. The molecule has 0 saturated heterocycles. The molecule has 0 fully saturated rings. The quantitative estimate of drug-likeness (QED) is 0.885. The molecule has 0 aromatic heterocycles. The largest absolute Gasteiger partial charge is 0.493 e. The van der Waals surface area contributed by atoms with Crippen molar-refractivity contribution in [2.75, 3.05) is 11.9 Å². The molecule has 0 amide bonds. The summed E-state index contributed by atoms with van der Waals surface area (Å²) in [5, 5.41) is 3.16. The number of hydrogen-bond donors (Lipinski definition) is 1. The lowest BCUT2D eigenvalue weighted by atomic mass is 10.0. The zero-order valence-electron chi connectivity index (χ0n) is 10.2. The van der Waals surface area contributed by atoms with Crippen LogP contribution in [0.4, 0.5) is 14.5 Å². The molecule has 2 aromatic rings. The summed E-state index contributed by atoms with van der Waals surface area (Å²) < 4.78 is 31.9. The number of nitrogens with one attached hydrogen (secondary N) is 1. The highest BCUT2D eigenvalue weighted by atomic mass is 19.1. The number of benzene rings is 2. The van der Waals surface area contributed by atoms with Crippen molar-refractivity contribution in [2.45, 2.75) is 12.5 Å². The average Bonchev–Trinajstić information content (AvgIpc) is 2.38. The molecule has 98 valence electrons. The fraction of sp³-hybridized carbons (Fsp3) is 0.200. The highest BCUT2D eigenvalue weighted by Gasteiger charge is 2.20. The summed E-state index contributed by atoms with van der Waals surface area (Å²) in [4.78, 5) is 0. The van der Waals surface area contributed by atoms with Gasteiger partial charge in [-0.15, -0.1) is 0 Å². The first-order valence-electron chi connectivity index (χ1n) is 6.17. The Balaban J connectivity index is 1.88. The minimum Gasteiger partial charge on any atom is -0.493 e. The van der Waals surface area contributed by atoms with Gasteiger partial charge in [-0.2, -0.15) is 0 Å². The van der Waals surface area contributed by atoms with Crippen LogP contribution in [-0.2, 0) is 0 Å². The third kappa shape index (κ3) is 2.52. The van der Waals surface area contributed by atoms with Gasteiger partial charge >= 0.3 is 0 Å². The maximum Gasteiger partial charge on any atom is 0.128 e. The van der Waals surface area contributed by atoms with Crippen molar-refractivity contribution in [1.29, 1.82) is 0 Å². The van der Waals surface area contributed by atoms with Crippen molar-refractivity contribution in [1.82, 2.24) is 0 Å². The monoisotopic (exact) mass is 261 g/mol. The van der Waals surface area contributed by atoms with Crippen LogP contribution in [0.25, 0.3) is 0 Å². The Bertz CT molecular complexity index is 580. The molecule has 0 spiro atoms. The van der Waals surface area contributed by atoms with E-state index in [-0.39, 0.29) is 6.04 Å². The van der Waals surface area contributed by atoms with Crippen molar-refractivity contribution >= 4 is 5.69 Å². The van der Waals surface area contributed by atoms with Crippen molar-refractivity contribution in [3.8, 4) is 5.75 Å². The molecule has 0 saturated carbocycles. The number of fused-ring (bicyclic) bond motifs is 1. The average molecular weight is 261 g/mol. The van der Waals surface area contributed by atoms with Gasteiger partial charge in [0.05, 0.1) is 12.6 Å². The molecule has 0 radical (unpaired) electrons. The molecule has 1 unspecified atom stereocenters. The number of para-hydroxylation sites is 1. The number of rotatable bonds is 2. The van der Waals surface area contributed by atoms with E-state index in [4.69, 9.17) is 4.74 Å². The van der Waals surface area contributed by atoms with Gasteiger partial charge in [-0.1, -0.05) is 18.2 Å². The zero-order valence-corrected chi connectivity index (χ0v) is 10.2. The van der Waals surface area contributed by atoms with Crippen molar-refractivity contribution in [2.24, 2.45) is 0 Å². The first-order valence-corrected chi connectivity index (χ1v) is 6.17. The van der Waals surface area contributed by atoms with Gasteiger partial charge in [0.15, 0.2) is 0 Å². The first-order chi connectivity index (χ1) is 9.22. The Morgan fingerprint density at radius 1 is 1.05 bits per heavy atom. The van der Waals surface area contributed by atoms with E-state index >= 15 is 0 Å². The molecule has 1 atom stereocenters. The molecule has 4 heteroatoms. The second-order valence-corrected chi connectivity index (χ2v) is 4.53. The van der Waals surface area contributed by atoms with E-state index in [1.807, 2.05) is 24.3 Å². The van der Waals surface area contributed by atoms with Gasteiger partial charge in [0.1, 0.15) is 17.4 Å². The zero-order chi connectivity index (χ0) is 13.2. The SMILES string of the molecule is Fc1cc(F)cc(NC2CCOc3ccccc32)c1. The maximum absolute atomic E-state index is 13.2. The summed E-state index contributed by atoms with van der Waals surface area (Å²) in [5.74, 6) is -0.339. The predicted octanol–water partition coefficient (Wildman–Crippen LogP) is 3.90. The summed E-state index contributed by atoms with van der Waals surface area (Å²) in [5.41, 5.74) is 1.46. The number of halogens is 2. The Morgan fingerprint density at radius 3 is 2.58 bits per heavy atom. The van der Waals surface area contributed by atoms with Gasteiger partial charge in [0.2, 0.25) is 0 Å². The lowest BCUT2D eigenvalue weighted by molar-refractivity contribution is 0.274. The van der Waals surface area contributed by atoms with Crippen LogP contribution >= 0.6 is 0 Å². The second-order valence-electron chi connectivity index (χ2n) is 4.53. The Labute approximate surface area is 110 Å². The van der Waals surface area contributed by atoms with Crippen LogP contribution < -0.4 is 10.1 Å². The number of anilines is 1. The Hall–Kier alpha value is -2.10.